The number of aryl methyl sites for hydroxylation is 1. The summed E-state index contributed by atoms with van der Waals surface area (Å²) in [6.07, 6.45) is 0. The summed E-state index contributed by atoms with van der Waals surface area (Å²) in [7, 11) is 0. The zero-order valence-corrected chi connectivity index (χ0v) is 12.9. The molecule has 1 N–H and O–H groups in total. The first-order valence-corrected chi connectivity index (χ1v) is 7.01. The minimum absolute atomic E-state index is 0.141. The smallest absolute Gasteiger partial charge is 0.274 e. The van der Waals surface area contributed by atoms with Gasteiger partial charge >= 0.3 is 0 Å². The minimum Gasteiger partial charge on any atom is -0.381 e. The Morgan fingerprint density at radius 2 is 2.00 bits per heavy atom. The highest BCUT2D eigenvalue weighted by Gasteiger charge is 2.12. The minimum atomic E-state index is -0.357. The normalized spacial score (nSPS) is 10.3. The molecule has 0 radical (unpaired) electrons. The first kappa shape index (κ1) is 14.5. The van der Waals surface area contributed by atoms with E-state index in [1.165, 1.54) is 11.6 Å². The quantitative estimate of drug-likeness (QED) is 0.657. The van der Waals surface area contributed by atoms with Crippen molar-refractivity contribution in [2.45, 2.75) is 20.4 Å². The Balaban J connectivity index is 2.17. The van der Waals surface area contributed by atoms with Crippen LogP contribution < -0.4 is 5.32 Å². The van der Waals surface area contributed by atoms with Crippen LogP contribution in [-0.2, 0) is 6.54 Å². The van der Waals surface area contributed by atoms with Crippen molar-refractivity contribution in [3.8, 4) is 0 Å². The summed E-state index contributed by atoms with van der Waals surface area (Å²) in [5.41, 5.74) is 3.89. The highest BCUT2D eigenvalue weighted by atomic mass is 79.9. The zero-order chi connectivity index (χ0) is 14.7. The van der Waals surface area contributed by atoms with Crippen molar-refractivity contribution in [3.05, 3.63) is 67.7 Å². The second-order valence-corrected chi connectivity index (χ2v) is 5.50. The summed E-state index contributed by atoms with van der Waals surface area (Å²) < 4.78 is 1.08. The molecule has 0 aliphatic heterocycles. The summed E-state index contributed by atoms with van der Waals surface area (Å²) in [5, 5.41) is 14.2. The number of nitro groups is 1. The van der Waals surface area contributed by atoms with Gasteiger partial charge in [0.2, 0.25) is 0 Å². The van der Waals surface area contributed by atoms with E-state index in [4.69, 9.17) is 0 Å². The third-order valence-corrected chi connectivity index (χ3v) is 4.10. The molecular formula is C15H15BrN2O2. The number of hydrogen-bond acceptors (Lipinski definition) is 3. The van der Waals surface area contributed by atoms with Crippen molar-refractivity contribution < 1.29 is 4.92 Å². The maximum absolute atomic E-state index is 10.9. The first-order valence-electron chi connectivity index (χ1n) is 6.22. The van der Waals surface area contributed by atoms with Crippen LogP contribution in [0.5, 0.6) is 0 Å². The molecule has 0 atom stereocenters. The van der Waals surface area contributed by atoms with Crippen LogP contribution >= 0.6 is 15.9 Å². The summed E-state index contributed by atoms with van der Waals surface area (Å²) in [6.45, 7) is 4.43. The fourth-order valence-electron chi connectivity index (χ4n) is 2.03. The molecule has 0 heterocycles. The Bertz CT molecular complexity index is 656. The molecule has 0 amide bonds. The van der Waals surface area contributed by atoms with E-state index in [0.29, 0.717) is 12.1 Å². The lowest BCUT2D eigenvalue weighted by Gasteiger charge is -2.10. The largest absolute Gasteiger partial charge is 0.381 e. The third kappa shape index (κ3) is 3.17. The summed E-state index contributed by atoms with van der Waals surface area (Å²) in [5.74, 6) is 0. The molecule has 20 heavy (non-hydrogen) atoms. The molecule has 0 aromatic heterocycles. The van der Waals surface area contributed by atoms with Gasteiger partial charge in [0.15, 0.2) is 0 Å². The number of hydrogen-bond donors (Lipinski definition) is 1. The van der Waals surface area contributed by atoms with E-state index in [-0.39, 0.29) is 10.6 Å². The highest BCUT2D eigenvalue weighted by Crippen LogP contribution is 2.25. The molecule has 0 bridgehead atoms. The lowest BCUT2D eigenvalue weighted by Crippen LogP contribution is -2.03. The van der Waals surface area contributed by atoms with E-state index < -0.39 is 0 Å². The number of anilines is 1. The fourth-order valence-corrected chi connectivity index (χ4v) is 2.27. The molecule has 0 aliphatic carbocycles. The van der Waals surface area contributed by atoms with Gasteiger partial charge in [0.25, 0.3) is 5.69 Å². The van der Waals surface area contributed by atoms with Crippen LogP contribution in [-0.4, -0.2) is 4.92 Å². The fraction of sp³-hybridized carbons (Fsp3) is 0.200. The molecule has 0 saturated heterocycles. The van der Waals surface area contributed by atoms with Gasteiger partial charge < -0.3 is 5.32 Å². The van der Waals surface area contributed by atoms with Crippen molar-refractivity contribution in [2.75, 3.05) is 5.32 Å². The Morgan fingerprint density at radius 3 is 2.65 bits per heavy atom. The Hall–Kier alpha value is -1.88. The van der Waals surface area contributed by atoms with Crippen molar-refractivity contribution in [1.29, 1.82) is 0 Å². The second-order valence-electron chi connectivity index (χ2n) is 4.64. The maximum Gasteiger partial charge on any atom is 0.274 e. The second kappa shape index (κ2) is 6.05. The van der Waals surface area contributed by atoms with Crippen molar-refractivity contribution in [3.63, 3.8) is 0 Å². The molecular weight excluding hydrogens is 320 g/mol. The SMILES string of the molecule is Cc1cc(CNc2cccc([N+](=O)[O-])c2C)ccc1Br. The number of benzene rings is 2. The number of nitrogens with zero attached hydrogens (tertiary/aromatic N) is 1. The van der Waals surface area contributed by atoms with Gasteiger partial charge in [-0.05, 0) is 37.1 Å². The zero-order valence-electron chi connectivity index (χ0n) is 11.3. The van der Waals surface area contributed by atoms with E-state index in [0.717, 1.165) is 15.7 Å². The lowest BCUT2D eigenvalue weighted by atomic mass is 10.1. The number of nitrogens with one attached hydrogen (secondary N) is 1. The standard InChI is InChI=1S/C15H15BrN2O2/c1-10-8-12(6-7-13(10)16)9-17-14-4-3-5-15(11(14)2)18(19)20/h3-8,17H,9H2,1-2H3. The van der Waals surface area contributed by atoms with Gasteiger partial charge in [-0.15, -0.1) is 0 Å². The van der Waals surface area contributed by atoms with Crippen LogP contribution in [0.2, 0.25) is 0 Å². The predicted molar refractivity (Wildman–Crippen MR) is 84.0 cm³/mol. The molecule has 4 nitrogen and oxygen atoms in total. The molecule has 104 valence electrons. The predicted octanol–water partition coefficient (Wildman–Crippen LogP) is 4.59. The van der Waals surface area contributed by atoms with Gasteiger partial charge in [-0.3, -0.25) is 10.1 Å². The van der Waals surface area contributed by atoms with E-state index in [2.05, 4.69) is 27.3 Å². The van der Waals surface area contributed by atoms with Gasteiger partial charge in [-0.2, -0.15) is 0 Å². The molecule has 2 aromatic rings. The van der Waals surface area contributed by atoms with Gasteiger partial charge in [-0.1, -0.05) is 34.1 Å². The van der Waals surface area contributed by atoms with Crippen LogP contribution in [0, 0.1) is 24.0 Å². The maximum atomic E-state index is 10.9. The first-order chi connectivity index (χ1) is 9.49. The van der Waals surface area contributed by atoms with Crippen LogP contribution in [0.1, 0.15) is 16.7 Å². The molecule has 0 fully saturated rings. The van der Waals surface area contributed by atoms with E-state index in [1.807, 2.05) is 25.1 Å². The summed E-state index contributed by atoms with van der Waals surface area (Å²) in [6, 6.07) is 11.2. The van der Waals surface area contributed by atoms with Crippen LogP contribution in [0.3, 0.4) is 0 Å². The van der Waals surface area contributed by atoms with E-state index in [9.17, 15) is 10.1 Å². The molecule has 2 rings (SSSR count). The molecule has 2 aromatic carbocycles. The number of rotatable bonds is 4. The van der Waals surface area contributed by atoms with Gasteiger partial charge in [-0.25, -0.2) is 0 Å². The van der Waals surface area contributed by atoms with E-state index in [1.54, 1.807) is 13.0 Å². The van der Waals surface area contributed by atoms with Crippen LogP contribution in [0.25, 0.3) is 0 Å². The average molecular weight is 335 g/mol. The number of nitro benzene ring substituents is 1. The average Bonchev–Trinajstić information content (AvgIpc) is 2.41. The van der Waals surface area contributed by atoms with Crippen molar-refractivity contribution in [2.24, 2.45) is 0 Å². The Morgan fingerprint density at radius 1 is 1.25 bits per heavy atom. The third-order valence-electron chi connectivity index (χ3n) is 3.21. The molecule has 5 heteroatoms. The topological polar surface area (TPSA) is 55.2 Å². The summed E-state index contributed by atoms with van der Waals surface area (Å²) in [4.78, 5) is 10.5. The van der Waals surface area contributed by atoms with E-state index >= 15 is 0 Å². The summed E-state index contributed by atoms with van der Waals surface area (Å²) >= 11 is 3.47. The lowest BCUT2D eigenvalue weighted by molar-refractivity contribution is -0.385. The van der Waals surface area contributed by atoms with Crippen LogP contribution in [0.4, 0.5) is 11.4 Å². The van der Waals surface area contributed by atoms with Crippen LogP contribution in [0.15, 0.2) is 40.9 Å². The van der Waals surface area contributed by atoms with Gasteiger partial charge in [0.05, 0.1) is 4.92 Å². The number of halogens is 1. The van der Waals surface area contributed by atoms with Gasteiger partial charge in [0.1, 0.15) is 0 Å². The molecule has 0 unspecified atom stereocenters. The molecule has 0 spiro atoms. The Labute approximate surface area is 126 Å². The van der Waals surface area contributed by atoms with Gasteiger partial charge in [0, 0.05) is 28.3 Å². The molecule has 0 aliphatic rings. The van der Waals surface area contributed by atoms with Crippen molar-refractivity contribution >= 4 is 27.3 Å². The van der Waals surface area contributed by atoms with Crippen molar-refractivity contribution in [1.82, 2.24) is 0 Å². The monoisotopic (exact) mass is 334 g/mol. The molecule has 0 saturated carbocycles. The Kier molecular flexibility index (Phi) is 4.39. The highest BCUT2D eigenvalue weighted by molar-refractivity contribution is 9.10.